The van der Waals surface area contributed by atoms with Gasteiger partial charge in [0.25, 0.3) is 5.91 Å². The zero-order valence-corrected chi connectivity index (χ0v) is 13.0. The third-order valence-corrected chi connectivity index (χ3v) is 4.09. The molecule has 0 aliphatic carbocycles. The summed E-state index contributed by atoms with van der Waals surface area (Å²) in [5, 5.41) is 3.80. The van der Waals surface area contributed by atoms with Crippen LogP contribution in [0.15, 0.2) is 0 Å². The Bertz CT molecular complexity index is 419. The molecule has 108 valence electrons. The SMILES string of the molecule is CCNc1nc(N)c(C(=O)N(CC)CC(C)CC)s1. The molecule has 0 fully saturated rings. The molecular weight excluding hydrogens is 260 g/mol. The highest BCUT2D eigenvalue weighted by atomic mass is 32.1. The van der Waals surface area contributed by atoms with Crippen molar-refractivity contribution in [2.45, 2.75) is 34.1 Å². The number of rotatable bonds is 7. The second-order valence-electron chi connectivity index (χ2n) is 4.62. The molecule has 1 unspecified atom stereocenters. The lowest BCUT2D eigenvalue weighted by Crippen LogP contribution is -2.34. The molecule has 1 heterocycles. The molecule has 0 spiro atoms. The molecule has 19 heavy (non-hydrogen) atoms. The monoisotopic (exact) mass is 284 g/mol. The predicted molar refractivity (Wildman–Crippen MR) is 81.7 cm³/mol. The van der Waals surface area contributed by atoms with Gasteiger partial charge in [0, 0.05) is 19.6 Å². The van der Waals surface area contributed by atoms with E-state index in [1.807, 2.05) is 18.7 Å². The van der Waals surface area contributed by atoms with E-state index in [-0.39, 0.29) is 5.91 Å². The summed E-state index contributed by atoms with van der Waals surface area (Å²) in [5.74, 6) is 0.807. The fourth-order valence-electron chi connectivity index (χ4n) is 1.72. The molecule has 0 aliphatic heterocycles. The van der Waals surface area contributed by atoms with E-state index in [0.29, 0.717) is 28.3 Å². The number of thiazole rings is 1. The molecule has 0 bridgehead atoms. The van der Waals surface area contributed by atoms with Crippen LogP contribution >= 0.6 is 11.3 Å². The van der Waals surface area contributed by atoms with Gasteiger partial charge in [0.2, 0.25) is 0 Å². The normalized spacial score (nSPS) is 12.2. The number of nitrogens with zero attached hydrogens (tertiary/aromatic N) is 2. The van der Waals surface area contributed by atoms with Crippen molar-refractivity contribution in [2.24, 2.45) is 5.92 Å². The van der Waals surface area contributed by atoms with Crippen molar-refractivity contribution in [1.82, 2.24) is 9.88 Å². The van der Waals surface area contributed by atoms with E-state index >= 15 is 0 Å². The third kappa shape index (κ3) is 4.09. The first kappa shape index (κ1) is 15.8. The summed E-state index contributed by atoms with van der Waals surface area (Å²) in [6, 6.07) is 0. The van der Waals surface area contributed by atoms with Crippen molar-refractivity contribution in [3.63, 3.8) is 0 Å². The maximum Gasteiger partial charge on any atom is 0.267 e. The highest BCUT2D eigenvalue weighted by Gasteiger charge is 2.22. The van der Waals surface area contributed by atoms with Gasteiger partial charge in [0.15, 0.2) is 5.13 Å². The van der Waals surface area contributed by atoms with Gasteiger partial charge in [-0.1, -0.05) is 31.6 Å². The fraction of sp³-hybridized carbons (Fsp3) is 0.692. The van der Waals surface area contributed by atoms with E-state index < -0.39 is 0 Å². The Morgan fingerprint density at radius 2 is 2.16 bits per heavy atom. The second-order valence-corrected chi connectivity index (χ2v) is 5.62. The molecule has 5 nitrogen and oxygen atoms in total. The summed E-state index contributed by atoms with van der Waals surface area (Å²) in [4.78, 5) is 19.0. The van der Waals surface area contributed by atoms with Gasteiger partial charge in [-0.25, -0.2) is 4.98 Å². The predicted octanol–water partition coefficient (Wildman–Crippen LogP) is 2.67. The first-order valence-electron chi connectivity index (χ1n) is 6.82. The Balaban J connectivity index is 2.84. The number of amides is 1. The minimum absolute atomic E-state index is 0.0121. The van der Waals surface area contributed by atoms with Crippen LogP contribution in [0, 0.1) is 5.92 Å². The molecule has 6 heteroatoms. The summed E-state index contributed by atoms with van der Waals surface area (Å²) in [5.41, 5.74) is 5.84. The number of aromatic nitrogens is 1. The average Bonchev–Trinajstić information content (AvgIpc) is 2.76. The average molecular weight is 284 g/mol. The molecule has 1 amide bonds. The van der Waals surface area contributed by atoms with Crippen LogP contribution in [0.3, 0.4) is 0 Å². The first-order chi connectivity index (χ1) is 9.03. The molecule has 3 N–H and O–H groups in total. The molecule has 0 radical (unpaired) electrons. The smallest absolute Gasteiger partial charge is 0.267 e. The molecule has 1 aromatic rings. The zero-order chi connectivity index (χ0) is 14.4. The number of hydrogen-bond donors (Lipinski definition) is 2. The Morgan fingerprint density at radius 3 is 2.68 bits per heavy atom. The Kier molecular flexibility index (Phi) is 6.08. The lowest BCUT2D eigenvalue weighted by Gasteiger charge is -2.23. The third-order valence-electron chi connectivity index (χ3n) is 3.07. The molecular formula is C13H24N4OS. The van der Waals surface area contributed by atoms with E-state index in [4.69, 9.17) is 5.73 Å². The second kappa shape index (κ2) is 7.33. The van der Waals surface area contributed by atoms with Crippen molar-refractivity contribution >= 4 is 28.2 Å². The van der Waals surface area contributed by atoms with Crippen LogP contribution in [0.25, 0.3) is 0 Å². The van der Waals surface area contributed by atoms with Gasteiger partial charge < -0.3 is 16.0 Å². The maximum atomic E-state index is 12.5. The zero-order valence-electron chi connectivity index (χ0n) is 12.2. The van der Waals surface area contributed by atoms with E-state index in [0.717, 1.165) is 19.5 Å². The fourth-order valence-corrected chi connectivity index (χ4v) is 2.64. The molecule has 0 saturated carbocycles. The van der Waals surface area contributed by atoms with Gasteiger partial charge in [0.1, 0.15) is 10.7 Å². The van der Waals surface area contributed by atoms with Crippen LogP contribution in [0.2, 0.25) is 0 Å². The number of carbonyl (C=O) groups excluding carboxylic acids is 1. The van der Waals surface area contributed by atoms with Gasteiger partial charge in [0.05, 0.1) is 0 Å². The maximum absolute atomic E-state index is 12.5. The minimum atomic E-state index is -0.0121. The number of nitrogens with one attached hydrogen (secondary N) is 1. The number of hydrogen-bond acceptors (Lipinski definition) is 5. The van der Waals surface area contributed by atoms with Crippen LogP contribution in [0.4, 0.5) is 10.9 Å². The number of nitrogens with two attached hydrogens (primary N) is 1. The van der Waals surface area contributed by atoms with Crippen LogP contribution in [-0.2, 0) is 0 Å². The van der Waals surface area contributed by atoms with E-state index in [2.05, 4.69) is 24.1 Å². The number of anilines is 2. The summed E-state index contributed by atoms with van der Waals surface area (Å²) in [7, 11) is 0. The molecule has 0 aromatic carbocycles. The molecule has 1 aromatic heterocycles. The summed E-state index contributed by atoms with van der Waals surface area (Å²) in [6.45, 7) is 10.5. The lowest BCUT2D eigenvalue weighted by molar-refractivity contribution is 0.0746. The van der Waals surface area contributed by atoms with Crippen molar-refractivity contribution < 1.29 is 4.79 Å². The quantitative estimate of drug-likeness (QED) is 0.807. The topological polar surface area (TPSA) is 71.2 Å². The van der Waals surface area contributed by atoms with Gasteiger partial charge in [-0.05, 0) is 19.8 Å². The molecule has 1 rings (SSSR count). The minimum Gasteiger partial charge on any atom is -0.382 e. The Morgan fingerprint density at radius 1 is 1.47 bits per heavy atom. The van der Waals surface area contributed by atoms with Gasteiger partial charge in [-0.15, -0.1) is 0 Å². The van der Waals surface area contributed by atoms with Crippen molar-refractivity contribution in [3.05, 3.63) is 4.88 Å². The van der Waals surface area contributed by atoms with E-state index in [9.17, 15) is 4.79 Å². The summed E-state index contributed by atoms with van der Waals surface area (Å²) in [6.07, 6.45) is 1.06. The van der Waals surface area contributed by atoms with Crippen LogP contribution in [0.1, 0.15) is 43.8 Å². The first-order valence-corrected chi connectivity index (χ1v) is 7.64. The van der Waals surface area contributed by atoms with Gasteiger partial charge >= 0.3 is 0 Å². The van der Waals surface area contributed by atoms with Crippen molar-refractivity contribution in [1.29, 1.82) is 0 Å². The summed E-state index contributed by atoms with van der Waals surface area (Å²) >= 11 is 1.33. The van der Waals surface area contributed by atoms with Crippen LogP contribution < -0.4 is 11.1 Å². The highest BCUT2D eigenvalue weighted by molar-refractivity contribution is 7.18. The Hall–Kier alpha value is -1.30. The van der Waals surface area contributed by atoms with Crippen LogP contribution in [0.5, 0.6) is 0 Å². The Labute approximate surface area is 119 Å². The van der Waals surface area contributed by atoms with Gasteiger partial charge in [-0.3, -0.25) is 4.79 Å². The molecule has 1 atom stereocenters. The number of nitrogen functional groups attached to an aromatic ring is 1. The van der Waals surface area contributed by atoms with Crippen LogP contribution in [-0.4, -0.2) is 35.4 Å². The standard InChI is InChI=1S/C13H24N4OS/c1-5-9(4)8-17(7-3)12(18)10-11(14)16-13(19-10)15-6-2/h9H,5-8,14H2,1-4H3,(H,15,16). The van der Waals surface area contributed by atoms with Crippen molar-refractivity contribution in [3.8, 4) is 0 Å². The largest absolute Gasteiger partial charge is 0.382 e. The molecule has 0 aliphatic rings. The van der Waals surface area contributed by atoms with E-state index in [1.54, 1.807) is 0 Å². The molecule has 0 saturated heterocycles. The van der Waals surface area contributed by atoms with Crippen molar-refractivity contribution in [2.75, 3.05) is 30.7 Å². The van der Waals surface area contributed by atoms with E-state index in [1.165, 1.54) is 11.3 Å². The highest BCUT2D eigenvalue weighted by Crippen LogP contribution is 2.26. The number of carbonyl (C=O) groups is 1. The lowest BCUT2D eigenvalue weighted by atomic mass is 10.1. The summed E-state index contributed by atoms with van der Waals surface area (Å²) < 4.78 is 0. The van der Waals surface area contributed by atoms with Gasteiger partial charge in [-0.2, -0.15) is 0 Å².